The number of hydrogen-bond donors (Lipinski definition) is 2. The van der Waals surface area contributed by atoms with Gasteiger partial charge in [0.25, 0.3) is 0 Å². The number of benzene rings is 1. The molecule has 0 radical (unpaired) electrons. The lowest BCUT2D eigenvalue weighted by Gasteiger charge is -2.44. The number of aryl methyl sites for hydroxylation is 1. The third-order valence-corrected chi connectivity index (χ3v) is 7.93. The number of rotatable bonds is 9. The van der Waals surface area contributed by atoms with Crippen molar-refractivity contribution in [2.75, 3.05) is 13.6 Å². The average Bonchev–Trinajstić information content (AvgIpc) is 3.39. The molecule has 3 heterocycles. The fraction of sp³-hybridized carbons (Fsp3) is 0.583. The Morgan fingerprint density at radius 2 is 1.94 bits per heavy atom. The molecule has 4 rings (SSSR count). The van der Waals surface area contributed by atoms with Gasteiger partial charge in [-0.2, -0.15) is 0 Å². The van der Waals surface area contributed by atoms with Crippen LogP contribution >= 0.6 is 11.8 Å². The van der Waals surface area contributed by atoms with Crippen LogP contribution in [0.25, 0.3) is 0 Å². The summed E-state index contributed by atoms with van der Waals surface area (Å²) < 4.78 is 20.0. The van der Waals surface area contributed by atoms with Crippen LogP contribution in [-0.4, -0.2) is 70.5 Å². The van der Waals surface area contributed by atoms with Gasteiger partial charge in [0.1, 0.15) is 17.5 Å². The van der Waals surface area contributed by atoms with Crippen molar-refractivity contribution < 1.29 is 38.1 Å². The van der Waals surface area contributed by atoms with Crippen molar-refractivity contribution in [1.82, 2.24) is 10.2 Å². The molecule has 3 aliphatic rings. The molecule has 2 fully saturated rings. The van der Waals surface area contributed by atoms with E-state index in [2.05, 4.69) is 5.32 Å². The van der Waals surface area contributed by atoms with Crippen molar-refractivity contribution in [3.05, 3.63) is 23.8 Å². The molecule has 3 N–H and O–H groups in total. The lowest BCUT2D eigenvalue weighted by molar-refractivity contribution is -0.178. The van der Waals surface area contributed by atoms with Crippen LogP contribution in [0.4, 0.5) is 0 Å². The molecule has 0 aliphatic carbocycles. The molecule has 0 bridgehead atoms. The monoisotopic (exact) mass is 521 g/mol. The van der Waals surface area contributed by atoms with Crippen LogP contribution in [0.2, 0.25) is 0 Å². The molecule has 196 valence electrons. The van der Waals surface area contributed by atoms with Crippen LogP contribution in [-0.2, 0) is 35.1 Å². The molecule has 36 heavy (non-hydrogen) atoms. The molecule has 1 aromatic carbocycles. The lowest BCUT2D eigenvalue weighted by Crippen LogP contribution is -2.71. The zero-order valence-electron chi connectivity index (χ0n) is 20.6. The number of nitrogens with one attached hydrogen (secondary N) is 1. The topological polar surface area (TPSA) is 146 Å². The van der Waals surface area contributed by atoms with Crippen LogP contribution in [0.3, 0.4) is 0 Å². The predicted molar refractivity (Wildman–Crippen MR) is 129 cm³/mol. The van der Waals surface area contributed by atoms with E-state index in [0.717, 1.165) is 5.56 Å². The van der Waals surface area contributed by atoms with Crippen LogP contribution < -0.4 is 20.5 Å². The Hall–Kier alpha value is -2.99. The Bertz CT molecular complexity index is 1060. The molecule has 1 unspecified atom stereocenters. The summed E-state index contributed by atoms with van der Waals surface area (Å²) in [7, 11) is 0. The summed E-state index contributed by atoms with van der Waals surface area (Å²) >= 11 is 1.40. The van der Waals surface area contributed by atoms with Crippen LogP contribution in [0, 0.1) is 5.92 Å². The number of nitrogens with two attached hydrogens (primary N) is 1. The van der Waals surface area contributed by atoms with E-state index >= 15 is 0 Å². The van der Waals surface area contributed by atoms with Gasteiger partial charge < -0.3 is 34.9 Å². The van der Waals surface area contributed by atoms with Gasteiger partial charge in [-0.3, -0.25) is 14.4 Å². The summed E-state index contributed by atoms with van der Waals surface area (Å²) in [6, 6.07) is 3.11. The van der Waals surface area contributed by atoms with Gasteiger partial charge in [0.15, 0.2) is 11.5 Å². The molecule has 0 spiro atoms. The number of nitrogens with zero attached hydrogens (tertiary/aromatic N) is 1. The van der Waals surface area contributed by atoms with Gasteiger partial charge in [-0.05, 0) is 44.4 Å². The van der Waals surface area contributed by atoms with E-state index in [1.807, 2.05) is 32.0 Å². The first kappa shape index (κ1) is 26.1. The summed E-state index contributed by atoms with van der Waals surface area (Å²) in [5, 5.41) is 2.32. The molecule has 12 heteroatoms. The minimum atomic E-state index is -0.870. The van der Waals surface area contributed by atoms with E-state index in [1.165, 1.54) is 16.7 Å². The van der Waals surface area contributed by atoms with E-state index in [0.29, 0.717) is 24.3 Å². The number of amides is 2. The SMILES string of the molecule is CC(C)C(=O)OCOC(=O)[C@@H]1N2C(=O)[C@@H](NC(=O)C(N)CCc3ccc4c(c3)OCO4)[C@H]2SC1(C)C. The highest BCUT2D eigenvalue weighted by Gasteiger charge is 2.64. The molecular weight excluding hydrogens is 490 g/mol. The van der Waals surface area contributed by atoms with Crippen molar-refractivity contribution in [3.63, 3.8) is 0 Å². The molecule has 0 aromatic heterocycles. The molecule has 0 saturated carbocycles. The summed E-state index contributed by atoms with van der Waals surface area (Å²) in [5.74, 6) is -0.962. The van der Waals surface area contributed by atoms with Crippen molar-refractivity contribution >= 4 is 35.5 Å². The highest BCUT2D eigenvalue weighted by molar-refractivity contribution is 8.01. The van der Waals surface area contributed by atoms with Crippen LogP contribution in [0.15, 0.2) is 18.2 Å². The molecule has 4 atom stereocenters. The molecule has 2 amide bonds. The second-order valence-corrected chi connectivity index (χ2v) is 11.5. The number of thioether (sulfide) groups is 1. The Morgan fingerprint density at radius 1 is 1.22 bits per heavy atom. The van der Waals surface area contributed by atoms with Gasteiger partial charge in [-0.1, -0.05) is 19.9 Å². The standard InChI is InChI=1S/C24H31N3O8S/c1-12(2)22(30)34-11-35-23(31)18-24(3,4)36-21-17(20(29)27(18)21)26-19(28)14(25)7-5-13-6-8-15-16(9-13)33-10-32-15/h6,8-9,12,14,17-18,21H,5,7,10-11,25H2,1-4H3,(H,26,28)/t14?,17-,18+,21-/m1/s1. The van der Waals surface area contributed by atoms with Crippen LogP contribution in [0.5, 0.6) is 11.5 Å². The number of hydrogen-bond acceptors (Lipinski definition) is 10. The minimum absolute atomic E-state index is 0.188. The second kappa shape index (κ2) is 10.2. The lowest BCUT2D eigenvalue weighted by atomic mass is 9.95. The fourth-order valence-electron chi connectivity index (χ4n) is 4.33. The molecule has 3 aliphatic heterocycles. The highest BCUT2D eigenvalue weighted by Crippen LogP contribution is 2.51. The van der Waals surface area contributed by atoms with Crippen molar-refractivity contribution in [1.29, 1.82) is 0 Å². The first-order valence-electron chi connectivity index (χ1n) is 11.8. The molecule has 11 nitrogen and oxygen atoms in total. The summed E-state index contributed by atoms with van der Waals surface area (Å²) in [5.41, 5.74) is 7.06. The number of carbonyl (C=O) groups is 4. The van der Waals surface area contributed by atoms with Gasteiger partial charge in [-0.25, -0.2) is 4.79 Å². The van der Waals surface area contributed by atoms with Crippen molar-refractivity contribution in [2.45, 2.75) is 68.8 Å². The van der Waals surface area contributed by atoms with Gasteiger partial charge in [-0.15, -0.1) is 11.8 Å². The van der Waals surface area contributed by atoms with E-state index in [-0.39, 0.29) is 18.6 Å². The Balaban J connectivity index is 1.29. The van der Waals surface area contributed by atoms with Gasteiger partial charge in [0, 0.05) is 4.75 Å². The second-order valence-electron chi connectivity index (χ2n) is 9.78. The number of ether oxygens (including phenoxy) is 4. The quantitative estimate of drug-likeness (QED) is 0.273. The van der Waals surface area contributed by atoms with Crippen molar-refractivity contribution in [3.8, 4) is 11.5 Å². The Labute approximate surface area is 213 Å². The third kappa shape index (κ3) is 5.10. The van der Waals surface area contributed by atoms with Gasteiger partial charge >= 0.3 is 11.9 Å². The fourth-order valence-corrected chi connectivity index (χ4v) is 5.95. The van der Waals surface area contributed by atoms with Crippen LogP contribution in [0.1, 0.15) is 39.7 Å². The van der Waals surface area contributed by atoms with E-state index in [9.17, 15) is 19.2 Å². The maximum absolute atomic E-state index is 12.9. The van der Waals surface area contributed by atoms with Gasteiger partial charge in [0.05, 0.1) is 12.0 Å². The maximum atomic E-state index is 12.9. The minimum Gasteiger partial charge on any atom is -0.454 e. The third-order valence-electron chi connectivity index (χ3n) is 6.35. The van der Waals surface area contributed by atoms with E-state index in [1.54, 1.807) is 13.8 Å². The zero-order chi connectivity index (χ0) is 26.2. The summed E-state index contributed by atoms with van der Waals surface area (Å²) in [4.78, 5) is 51.4. The smallest absolute Gasteiger partial charge is 0.333 e. The zero-order valence-corrected chi connectivity index (χ0v) is 21.5. The Kier molecular flexibility index (Phi) is 7.37. The molecule has 2 saturated heterocycles. The van der Waals surface area contributed by atoms with E-state index in [4.69, 9.17) is 24.7 Å². The summed E-state index contributed by atoms with van der Waals surface area (Å²) in [6.45, 7) is 6.66. The Morgan fingerprint density at radius 3 is 2.67 bits per heavy atom. The predicted octanol–water partition coefficient (Wildman–Crippen LogP) is 0.922. The molecule has 1 aromatic rings. The number of fused-ring (bicyclic) bond motifs is 2. The average molecular weight is 522 g/mol. The number of carbonyl (C=O) groups excluding carboxylic acids is 4. The maximum Gasteiger partial charge on any atom is 0.333 e. The first-order valence-corrected chi connectivity index (χ1v) is 12.7. The number of esters is 2. The first-order chi connectivity index (χ1) is 17.0. The largest absolute Gasteiger partial charge is 0.454 e. The summed E-state index contributed by atoms with van der Waals surface area (Å²) in [6.07, 6.45) is 0.930. The van der Waals surface area contributed by atoms with Gasteiger partial charge in [0.2, 0.25) is 25.4 Å². The number of β-lactam (4-membered cyclic amide) rings is 1. The van der Waals surface area contributed by atoms with E-state index < -0.39 is 52.9 Å². The van der Waals surface area contributed by atoms with Crippen molar-refractivity contribution in [2.24, 2.45) is 11.7 Å². The normalized spacial score (nSPS) is 24.1. The molecular formula is C24H31N3O8S. The highest BCUT2D eigenvalue weighted by atomic mass is 32.2.